The fourth-order valence-electron chi connectivity index (χ4n) is 3.55. The fourth-order valence-corrected chi connectivity index (χ4v) is 3.55. The minimum atomic E-state index is -2.16. The number of ketones is 1. The van der Waals surface area contributed by atoms with Crippen LogP contribution in [0.1, 0.15) is 44.1 Å². The summed E-state index contributed by atoms with van der Waals surface area (Å²) in [5.41, 5.74) is 1.72. The first kappa shape index (κ1) is 19.2. The summed E-state index contributed by atoms with van der Waals surface area (Å²) in [4.78, 5) is 24.7. The minimum absolute atomic E-state index is 0.00477. The summed E-state index contributed by atoms with van der Waals surface area (Å²) >= 11 is 0. The fraction of sp³-hybridized carbons (Fsp3) is 0.429. The first-order valence-corrected chi connectivity index (χ1v) is 9.17. The number of carbonyl (C=O) groups is 2. The average Bonchev–Trinajstić information content (AvgIpc) is 2.67. The molecule has 6 nitrogen and oxygen atoms in total. The Hall–Kier alpha value is -2.60. The Balaban J connectivity index is 1.95. The second-order valence-corrected chi connectivity index (χ2v) is 6.66. The Morgan fingerprint density at radius 1 is 1.37 bits per heavy atom. The molecule has 1 heterocycles. The highest BCUT2D eigenvalue weighted by atomic mass is 16.7. The molecular formula is C21H24O6. The van der Waals surface area contributed by atoms with Crippen LogP contribution in [0.2, 0.25) is 0 Å². The molecule has 0 spiro atoms. The van der Waals surface area contributed by atoms with Crippen molar-refractivity contribution in [1.82, 2.24) is 0 Å². The van der Waals surface area contributed by atoms with Crippen LogP contribution in [-0.4, -0.2) is 35.9 Å². The number of allylic oxidation sites excluding steroid dienone is 2. The van der Waals surface area contributed by atoms with Gasteiger partial charge in [0, 0.05) is 18.8 Å². The lowest BCUT2D eigenvalue weighted by molar-refractivity contribution is -0.223. The Bertz CT molecular complexity index is 763. The number of benzene rings is 1. The molecule has 1 aromatic carbocycles. The first-order valence-electron chi connectivity index (χ1n) is 9.17. The normalized spacial score (nSPS) is 24.7. The second-order valence-electron chi connectivity index (χ2n) is 6.66. The van der Waals surface area contributed by atoms with E-state index in [-0.39, 0.29) is 30.5 Å². The van der Waals surface area contributed by atoms with Gasteiger partial charge in [-0.05, 0) is 43.0 Å². The lowest BCUT2D eigenvalue weighted by atomic mass is 9.77. The highest BCUT2D eigenvalue weighted by Crippen LogP contribution is 2.46. The summed E-state index contributed by atoms with van der Waals surface area (Å²) in [7, 11) is 0. The Morgan fingerprint density at radius 3 is 2.78 bits per heavy atom. The maximum absolute atomic E-state index is 12.4. The molecule has 0 bridgehead atoms. The van der Waals surface area contributed by atoms with Gasteiger partial charge in [-0.3, -0.25) is 4.79 Å². The lowest BCUT2D eigenvalue weighted by Crippen LogP contribution is -2.48. The third-order valence-corrected chi connectivity index (χ3v) is 4.81. The van der Waals surface area contributed by atoms with Crippen molar-refractivity contribution >= 4 is 11.8 Å². The van der Waals surface area contributed by atoms with Crippen LogP contribution < -0.4 is 4.74 Å². The standard InChI is InChI=1S/C21H24O6/c1-3-12-26-15-10-8-14(9-11-15)17-13-21(24,20(23)25-4-2)27-19-16(17)6-5-7-18(19)22/h3,8-11,17,24H,1,4-7,12-13H2,2H3/t17-,21+/m0/s1. The van der Waals surface area contributed by atoms with Gasteiger partial charge in [-0.2, -0.15) is 0 Å². The quantitative estimate of drug-likeness (QED) is 0.611. The summed E-state index contributed by atoms with van der Waals surface area (Å²) in [5, 5.41) is 10.8. The molecule has 0 saturated heterocycles. The zero-order valence-electron chi connectivity index (χ0n) is 15.4. The van der Waals surface area contributed by atoms with Gasteiger partial charge >= 0.3 is 11.8 Å². The van der Waals surface area contributed by atoms with Gasteiger partial charge in [0.2, 0.25) is 0 Å². The molecule has 1 aromatic rings. The third kappa shape index (κ3) is 3.90. The summed E-state index contributed by atoms with van der Waals surface area (Å²) in [5.74, 6) is -2.72. The zero-order chi connectivity index (χ0) is 19.4. The van der Waals surface area contributed by atoms with Crippen LogP contribution in [0.3, 0.4) is 0 Å². The molecule has 0 fully saturated rings. The number of hydrogen-bond donors (Lipinski definition) is 1. The van der Waals surface area contributed by atoms with E-state index in [0.29, 0.717) is 25.2 Å². The van der Waals surface area contributed by atoms with E-state index < -0.39 is 11.8 Å². The van der Waals surface area contributed by atoms with Crippen molar-refractivity contribution in [2.75, 3.05) is 13.2 Å². The van der Waals surface area contributed by atoms with Crippen LogP contribution >= 0.6 is 0 Å². The molecule has 1 N–H and O–H groups in total. The van der Waals surface area contributed by atoms with Gasteiger partial charge in [0.15, 0.2) is 11.5 Å². The largest absolute Gasteiger partial charge is 0.490 e. The van der Waals surface area contributed by atoms with Crippen LogP contribution in [0, 0.1) is 0 Å². The highest BCUT2D eigenvalue weighted by molar-refractivity contribution is 5.96. The number of ether oxygens (including phenoxy) is 3. The third-order valence-electron chi connectivity index (χ3n) is 4.81. The van der Waals surface area contributed by atoms with Gasteiger partial charge < -0.3 is 19.3 Å². The van der Waals surface area contributed by atoms with E-state index in [0.717, 1.165) is 17.6 Å². The predicted octanol–water partition coefficient (Wildman–Crippen LogP) is 3.01. The van der Waals surface area contributed by atoms with Crippen molar-refractivity contribution in [2.45, 2.75) is 44.3 Å². The number of rotatable bonds is 6. The topological polar surface area (TPSA) is 82.1 Å². The number of hydrogen-bond acceptors (Lipinski definition) is 6. The van der Waals surface area contributed by atoms with Gasteiger partial charge in [0.25, 0.3) is 0 Å². The lowest BCUT2D eigenvalue weighted by Gasteiger charge is -2.39. The molecule has 6 heteroatoms. The smallest absolute Gasteiger partial charge is 0.379 e. The maximum Gasteiger partial charge on any atom is 0.379 e. The molecule has 0 radical (unpaired) electrons. The van der Waals surface area contributed by atoms with Gasteiger partial charge in [0.1, 0.15) is 12.4 Å². The summed E-state index contributed by atoms with van der Waals surface area (Å²) in [6.07, 6.45) is 3.44. The molecule has 0 aromatic heterocycles. The first-order chi connectivity index (χ1) is 13.0. The SMILES string of the molecule is C=CCOc1ccc([C@@H]2C[C@](O)(C(=O)OCC)OC3=C2CCCC3=O)cc1. The van der Waals surface area contributed by atoms with Crippen LogP contribution in [0.5, 0.6) is 5.75 Å². The van der Waals surface area contributed by atoms with Gasteiger partial charge in [-0.15, -0.1) is 0 Å². The van der Waals surface area contributed by atoms with E-state index in [9.17, 15) is 14.7 Å². The van der Waals surface area contributed by atoms with Crippen LogP contribution in [0.25, 0.3) is 0 Å². The maximum atomic E-state index is 12.4. The molecule has 144 valence electrons. The van der Waals surface area contributed by atoms with E-state index >= 15 is 0 Å². The van der Waals surface area contributed by atoms with Gasteiger partial charge in [-0.1, -0.05) is 24.8 Å². The molecule has 2 aliphatic rings. The Morgan fingerprint density at radius 2 is 2.11 bits per heavy atom. The molecule has 1 aliphatic heterocycles. The van der Waals surface area contributed by atoms with Gasteiger partial charge in [-0.25, -0.2) is 4.79 Å². The molecular weight excluding hydrogens is 348 g/mol. The molecule has 0 amide bonds. The average molecular weight is 372 g/mol. The minimum Gasteiger partial charge on any atom is -0.490 e. The molecule has 27 heavy (non-hydrogen) atoms. The van der Waals surface area contributed by atoms with E-state index in [1.54, 1.807) is 13.0 Å². The van der Waals surface area contributed by atoms with Crippen LogP contribution in [0.15, 0.2) is 48.3 Å². The van der Waals surface area contributed by atoms with Crippen molar-refractivity contribution in [1.29, 1.82) is 0 Å². The van der Waals surface area contributed by atoms with Crippen molar-refractivity contribution in [2.24, 2.45) is 0 Å². The van der Waals surface area contributed by atoms with Crippen molar-refractivity contribution < 1.29 is 28.9 Å². The summed E-state index contributed by atoms with van der Waals surface area (Å²) < 4.78 is 16.0. The van der Waals surface area contributed by atoms with E-state index in [1.807, 2.05) is 24.3 Å². The Kier molecular flexibility index (Phi) is 5.65. The number of carbonyl (C=O) groups excluding carboxylic acids is 2. The zero-order valence-corrected chi connectivity index (χ0v) is 15.4. The Labute approximate surface area is 158 Å². The van der Waals surface area contributed by atoms with Crippen molar-refractivity contribution in [3.05, 3.63) is 53.8 Å². The monoisotopic (exact) mass is 372 g/mol. The summed E-state index contributed by atoms with van der Waals surface area (Å²) in [6, 6.07) is 7.40. The molecule has 2 atom stereocenters. The van der Waals surface area contributed by atoms with Gasteiger partial charge in [0.05, 0.1) is 6.61 Å². The number of esters is 1. The van der Waals surface area contributed by atoms with Crippen molar-refractivity contribution in [3.63, 3.8) is 0 Å². The second kappa shape index (κ2) is 7.96. The van der Waals surface area contributed by atoms with E-state index in [4.69, 9.17) is 14.2 Å². The summed E-state index contributed by atoms with van der Waals surface area (Å²) in [6.45, 7) is 5.79. The number of aliphatic hydroxyl groups is 1. The van der Waals surface area contributed by atoms with E-state index in [2.05, 4.69) is 6.58 Å². The molecule has 3 rings (SSSR count). The number of Topliss-reactive ketones (excluding diaryl/α,β-unsaturated/α-hetero) is 1. The molecule has 0 unspecified atom stereocenters. The predicted molar refractivity (Wildman–Crippen MR) is 98.0 cm³/mol. The van der Waals surface area contributed by atoms with E-state index in [1.165, 1.54) is 0 Å². The van der Waals surface area contributed by atoms with Crippen LogP contribution in [-0.2, 0) is 19.1 Å². The molecule has 0 saturated carbocycles. The highest BCUT2D eigenvalue weighted by Gasteiger charge is 2.50. The molecule has 1 aliphatic carbocycles. The van der Waals surface area contributed by atoms with Crippen LogP contribution in [0.4, 0.5) is 0 Å². The van der Waals surface area contributed by atoms with Crippen molar-refractivity contribution in [3.8, 4) is 5.75 Å².